The summed E-state index contributed by atoms with van der Waals surface area (Å²) in [6, 6.07) is 8.75. The summed E-state index contributed by atoms with van der Waals surface area (Å²) >= 11 is 0. The van der Waals surface area contributed by atoms with Gasteiger partial charge in [0.1, 0.15) is 0 Å². The summed E-state index contributed by atoms with van der Waals surface area (Å²) in [7, 11) is 0. The van der Waals surface area contributed by atoms with Gasteiger partial charge in [-0.3, -0.25) is 4.79 Å². The van der Waals surface area contributed by atoms with Crippen molar-refractivity contribution < 1.29 is 9.59 Å². The molecular weight excluding hydrogens is 256 g/mol. The molecule has 1 N–H and O–H groups in total. The first kappa shape index (κ1) is 12.5. The van der Waals surface area contributed by atoms with E-state index in [-0.39, 0.29) is 18.0 Å². The van der Waals surface area contributed by atoms with Crippen LogP contribution in [0.1, 0.15) is 15.9 Å². The second kappa shape index (κ2) is 4.85. The third-order valence-electron chi connectivity index (χ3n) is 3.76. The van der Waals surface area contributed by atoms with Crippen molar-refractivity contribution in [3.05, 3.63) is 35.4 Å². The lowest BCUT2D eigenvalue weighted by molar-refractivity contribution is 0.0617. The lowest BCUT2D eigenvalue weighted by Crippen LogP contribution is -2.53. The molecule has 1 aromatic carbocycles. The van der Waals surface area contributed by atoms with Crippen LogP contribution < -0.4 is 5.32 Å². The fourth-order valence-electron chi connectivity index (χ4n) is 2.69. The molecule has 102 valence electrons. The molecule has 2 aliphatic rings. The molecule has 0 aromatic heterocycles. The highest BCUT2D eigenvalue weighted by molar-refractivity contribution is 5.94. The Labute approximate surface area is 116 Å². The molecule has 1 aromatic rings. The smallest absolute Gasteiger partial charge is 0.317 e. The summed E-state index contributed by atoms with van der Waals surface area (Å²) in [5, 5.41) is 11.7. The van der Waals surface area contributed by atoms with Gasteiger partial charge in [-0.15, -0.1) is 0 Å². The Bertz CT molecular complexity index is 607. The molecule has 0 bridgehead atoms. The van der Waals surface area contributed by atoms with Gasteiger partial charge in [-0.25, -0.2) is 4.79 Å². The normalized spacial score (nSPS) is 21.1. The van der Waals surface area contributed by atoms with Crippen LogP contribution in [0, 0.1) is 11.3 Å². The minimum atomic E-state index is -0.0823. The molecule has 6 heteroatoms. The minimum absolute atomic E-state index is 0.0476. The van der Waals surface area contributed by atoms with Gasteiger partial charge in [-0.05, 0) is 18.2 Å². The topological polar surface area (TPSA) is 76.4 Å². The van der Waals surface area contributed by atoms with E-state index in [1.165, 1.54) is 0 Å². The number of nitrogens with zero attached hydrogens (tertiary/aromatic N) is 3. The quantitative estimate of drug-likeness (QED) is 0.803. The number of piperazine rings is 1. The Morgan fingerprint density at radius 1 is 1.40 bits per heavy atom. The number of nitrogens with one attached hydrogen (secondary N) is 1. The van der Waals surface area contributed by atoms with Crippen molar-refractivity contribution in [2.75, 3.05) is 26.2 Å². The first-order valence-electron chi connectivity index (χ1n) is 6.53. The fourth-order valence-corrected chi connectivity index (χ4v) is 2.69. The Hall–Kier alpha value is -2.55. The molecule has 2 aliphatic heterocycles. The highest BCUT2D eigenvalue weighted by Crippen LogP contribution is 2.17. The van der Waals surface area contributed by atoms with Gasteiger partial charge in [0.05, 0.1) is 17.7 Å². The van der Waals surface area contributed by atoms with E-state index in [0.717, 1.165) is 0 Å². The number of urea groups is 1. The van der Waals surface area contributed by atoms with Crippen LogP contribution in [0.5, 0.6) is 0 Å². The highest BCUT2D eigenvalue weighted by Gasteiger charge is 2.36. The van der Waals surface area contributed by atoms with Crippen molar-refractivity contribution in [2.45, 2.75) is 6.04 Å². The fraction of sp³-hybridized carbons (Fsp3) is 0.357. The highest BCUT2D eigenvalue weighted by atomic mass is 16.2. The molecule has 2 heterocycles. The molecule has 0 aliphatic carbocycles. The van der Waals surface area contributed by atoms with Crippen LogP contribution in [0.2, 0.25) is 0 Å². The molecule has 3 rings (SSSR count). The standard InChI is InChI=1S/C14H14N4O2/c15-7-10-2-1-3-11(6-10)13(19)17-4-5-18-12(9-17)8-16-14(18)20/h1-3,6,12H,4-5,8-9H2,(H,16,20). The number of rotatable bonds is 1. The second-order valence-electron chi connectivity index (χ2n) is 4.98. The number of amides is 3. The summed E-state index contributed by atoms with van der Waals surface area (Å²) in [6.45, 7) is 2.20. The van der Waals surface area contributed by atoms with E-state index in [4.69, 9.17) is 5.26 Å². The van der Waals surface area contributed by atoms with Crippen LogP contribution in [0.15, 0.2) is 24.3 Å². The molecule has 1 atom stereocenters. The minimum Gasteiger partial charge on any atom is -0.336 e. The zero-order valence-electron chi connectivity index (χ0n) is 10.9. The van der Waals surface area contributed by atoms with E-state index in [1.54, 1.807) is 34.1 Å². The summed E-state index contributed by atoms with van der Waals surface area (Å²) in [6.07, 6.45) is 0. The molecule has 0 saturated carbocycles. The molecule has 0 spiro atoms. The molecule has 1 unspecified atom stereocenters. The van der Waals surface area contributed by atoms with Crippen LogP contribution in [0.3, 0.4) is 0 Å². The average Bonchev–Trinajstić information content (AvgIpc) is 2.87. The van der Waals surface area contributed by atoms with E-state index < -0.39 is 0 Å². The second-order valence-corrected chi connectivity index (χ2v) is 4.98. The molecule has 2 saturated heterocycles. The number of fused-ring (bicyclic) bond motifs is 1. The van der Waals surface area contributed by atoms with E-state index in [2.05, 4.69) is 5.32 Å². The van der Waals surface area contributed by atoms with Crippen molar-refractivity contribution in [1.82, 2.24) is 15.1 Å². The number of hydrogen-bond donors (Lipinski definition) is 1. The Balaban J connectivity index is 1.75. The van der Waals surface area contributed by atoms with Crippen molar-refractivity contribution in [2.24, 2.45) is 0 Å². The van der Waals surface area contributed by atoms with Gasteiger partial charge in [-0.2, -0.15) is 5.26 Å². The predicted molar refractivity (Wildman–Crippen MR) is 71.0 cm³/mol. The lowest BCUT2D eigenvalue weighted by atomic mass is 10.1. The zero-order valence-corrected chi connectivity index (χ0v) is 10.9. The third-order valence-corrected chi connectivity index (χ3v) is 3.76. The molecule has 2 fully saturated rings. The predicted octanol–water partition coefficient (Wildman–Crippen LogP) is 0.408. The third kappa shape index (κ3) is 2.07. The van der Waals surface area contributed by atoms with Gasteiger partial charge in [0.2, 0.25) is 0 Å². The number of nitriles is 1. The molecule has 20 heavy (non-hydrogen) atoms. The monoisotopic (exact) mass is 270 g/mol. The van der Waals surface area contributed by atoms with Gasteiger partial charge in [0.15, 0.2) is 0 Å². The van der Waals surface area contributed by atoms with Crippen molar-refractivity contribution in [3.8, 4) is 6.07 Å². The Kier molecular flexibility index (Phi) is 3.03. The summed E-state index contributed by atoms with van der Waals surface area (Å²) < 4.78 is 0. The van der Waals surface area contributed by atoms with Crippen LogP contribution in [-0.2, 0) is 0 Å². The summed E-state index contributed by atoms with van der Waals surface area (Å²) in [5.74, 6) is -0.0823. The van der Waals surface area contributed by atoms with E-state index >= 15 is 0 Å². The number of carbonyl (C=O) groups excluding carboxylic acids is 2. The number of carbonyl (C=O) groups is 2. The van der Waals surface area contributed by atoms with Gasteiger partial charge >= 0.3 is 6.03 Å². The van der Waals surface area contributed by atoms with Gasteiger partial charge < -0.3 is 15.1 Å². The maximum Gasteiger partial charge on any atom is 0.317 e. The van der Waals surface area contributed by atoms with Gasteiger partial charge in [0, 0.05) is 31.7 Å². The zero-order chi connectivity index (χ0) is 14.1. The first-order valence-corrected chi connectivity index (χ1v) is 6.53. The lowest BCUT2D eigenvalue weighted by Gasteiger charge is -2.36. The first-order chi connectivity index (χ1) is 9.69. The van der Waals surface area contributed by atoms with Crippen molar-refractivity contribution >= 4 is 11.9 Å². The van der Waals surface area contributed by atoms with Crippen molar-refractivity contribution in [3.63, 3.8) is 0 Å². The van der Waals surface area contributed by atoms with Crippen LogP contribution >= 0.6 is 0 Å². The Morgan fingerprint density at radius 2 is 2.25 bits per heavy atom. The summed E-state index contributed by atoms with van der Waals surface area (Å²) in [5.41, 5.74) is 1.00. The van der Waals surface area contributed by atoms with E-state index in [1.807, 2.05) is 6.07 Å². The van der Waals surface area contributed by atoms with Gasteiger partial charge in [-0.1, -0.05) is 6.07 Å². The van der Waals surface area contributed by atoms with E-state index in [9.17, 15) is 9.59 Å². The maximum atomic E-state index is 12.4. The largest absolute Gasteiger partial charge is 0.336 e. The molecular formula is C14H14N4O2. The summed E-state index contributed by atoms with van der Waals surface area (Å²) in [4.78, 5) is 27.5. The van der Waals surface area contributed by atoms with Gasteiger partial charge in [0.25, 0.3) is 5.91 Å². The van der Waals surface area contributed by atoms with Crippen LogP contribution in [-0.4, -0.2) is 54.0 Å². The molecule has 0 radical (unpaired) electrons. The SMILES string of the molecule is N#Cc1cccc(C(=O)N2CCN3C(=O)NCC3C2)c1. The molecule has 6 nitrogen and oxygen atoms in total. The van der Waals surface area contributed by atoms with Crippen LogP contribution in [0.4, 0.5) is 4.79 Å². The van der Waals surface area contributed by atoms with Crippen LogP contribution in [0.25, 0.3) is 0 Å². The maximum absolute atomic E-state index is 12.4. The number of benzene rings is 1. The molecule has 3 amide bonds. The number of hydrogen-bond acceptors (Lipinski definition) is 3. The Morgan fingerprint density at radius 3 is 3.05 bits per heavy atom. The van der Waals surface area contributed by atoms with Crippen molar-refractivity contribution in [1.29, 1.82) is 5.26 Å². The average molecular weight is 270 g/mol. The van der Waals surface area contributed by atoms with E-state index in [0.29, 0.717) is 37.3 Å².